The molecule has 2 rings (SSSR count). The third kappa shape index (κ3) is 20.8. The Hall–Kier alpha value is -7.70. The summed E-state index contributed by atoms with van der Waals surface area (Å²) < 4.78 is 0. The van der Waals surface area contributed by atoms with E-state index < -0.39 is 158 Å². The van der Waals surface area contributed by atoms with Gasteiger partial charge in [0.05, 0.1) is 38.8 Å². The van der Waals surface area contributed by atoms with Crippen LogP contribution in [0.2, 0.25) is 0 Å². The minimum absolute atomic E-state index is 0.0337. The van der Waals surface area contributed by atoms with Gasteiger partial charge in [0.25, 0.3) is 0 Å². The molecular weight excluding hydrogens is 983 g/mol. The van der Waals surface area contributed by atoms with Gasteiger partial charge < -0.3 is 95.3 Å². The Kier molecular flexibility index (Phi) is 26.2. The van der Waals surface area contributed by atoms with E-state index in [0.29, 0.717) is 18.4 Å². The van der Waals surface area contributed by atoms with Gasteiger partial charge in [-0.3, -0.25) is 52.9 Å². The zero-order chi connectivity index (χ0) is 55.8. The number of carboxylic acid groups (broad SMARTS) is 2. The Morgan fingerprint density at radius 3 is 1.89 bits per heavy atom. The maximum atomic E-state index is 14.2. The normalized spacial score (nSPS) is 16.6. The number of benzene rings is 1. The van der Waals surface area contributed by atoms with Gasteiger partial charge in [0.15, 0.2) is 5.96 Å². The molecule has 0 saturated carbocycles. The fourth-order valence-electron chi connectivity index (χ4n) is 7.20. The second-order valence-corrected chi connectivity index (χ2v) is 17.3. The monoisotopic (exact) mass is 1050 g/mol. The van der Waals surface area contributed by atoms with Crippen molar-refractivity contribution < 1.29 is 83.4 Å². The molecule has 1 aliphatic heterocycles. The lowest BCUT2D eigenvalue weighted by molar-refractivity contribution is -0.143. The van der Waals surface area contributed by atoms with Crippen molar-refractivity contribution in [3.63, 3.8) is 0 Å². The molecule has 20 N–H and O–H groups in total. The third-order valence-corrected chi connectivity index (χ3v) is 11.5. The number of aliphatic hydroxyl groups is 3. The van der Waals surface area contributed by atoms with E-state index in [4.69, 9.17) is 17.2 Å². The largest absolute Gasteiger partial charge is 0.508 e. The van der Waals surface area contributed by atoms with Crippen LogP contribution in [0.25, 0.3) is 0 Å². The van der Waals surface area contributed by atoms with Crippen LogP contribution >= 0.6 is 0 Å². The second-order valence-electron chi connectivity index (χ2n) is 17.3. The number of carbonyl (C=O) groups is 11. The number of carbonyl (C=O) groups excluding carboxylic acids is 9. The van der Waals surface area contributed by atoms with Gasteiger partial charge in [-0.05, 0) is 56.2 Å². The molecule has 0 aliphatic carbocycles. The van der Waals surface area contributed by atoms with E-state index in [0.717, 1.165) is 6.92 Å². The van der Waals surface area contributed by atoms with Gasteiger partial charge in [0.1, 0.15) is 54.1 Å². The summed E-state index contributed by atoms with van der Waals surface area (Å²) in [6, 6.07) is -6.28. The van der Waals surface area contributed by atoms with E-state index in [1.54, 1.807) is 13.8 Å². The van der Waals surface area contributed by atoms with Crippen LogP contribution in [0.5, 0.6) is 5.75 Å². The van der Waals surface area contributed by atoms with E-state index in [1.807, 2.05) is 5.32 Å². The van der Waals surface area contributed by atoms with E-state index in [1.165, 1.54) is 29.2 Å². The van der Waals surface area contributed by atoms with Crippen LogP contribution in [0.1, 0.15) is 64.9 Å². The number of hydrogen-bond donors (Lipinski definition) is 17. The van der Waals surface area contributed by atoms with Gasteiger partial charge in [-0.1, -0.05) is 32.4 Å². The molecule has 0 bridgehead atoms. The molecule has 1 aliphatic rings. The molecule has 0 spiro atoms. The van der Waals surface area contributed by atoms with Crippen LogP contribution in [-0.2, 0) is 59.2 Å². The van der Waals surface area contributed by atoms with E-state index in [9.17, 15) is 83.4 Å². The first-order valence-electron chi connectivity index (χ1n) is 23.4. The molecule has 9 amide bonds. The highest BCUT2D eigenvalue weighted by Gasteiger charge is 2.40. The van der Waals surface area contributed by atoms with Gasteiger partial charge in [-0.15, -0.1) is 0 Å². The van der Waals surface area contributed by atoms with Crippen LogP contribution in [0.4, 0.5) is 0 Å². The Balaban J connectivity index is 2.12. The topological polar surface area (TPSA) is 499 Å². The summed E-state index contributed by atoms with van der Waals surface area (Å²) in [5.74, 6) is -12.8. The minimum atomic E-state index is -1.91. The number of nitrogens with zero attached hydrogens (tertiary/aromatic N) is 2. The lowest BCUT2D eigenvalue weighted by atomic mass is 9.96. The van der Waals surface area contributed by atoms with E-state index in [2.05, 4.69) is 42.2 Å². The summed E-state index contributed by atoms with van der Waals surface area (Å²) in [6.07, 6.45) is -1.96. The fraction of sp³-hybridized carbons (Fsp3) is 0.591. The first kappa shape index (κ1) is 62.4. The summed E-state index contributed by atoms with van der Waals surface area (Å²) >= 11 is 0. The zero-order valence-corrected chi connectivity index (χ0v) is 41.1. The molecule has 74 heavy (non-hydrogen) atoms. The number of phenolic OH excluding ortho intramolecular Hbond substituents is 1. The fourth-order valence-corrected chi connectivity index (χ4v) is 7.20. The van der Waals surface area contributed by atoms with Crippen molar-refractivity contribution in [2.45, 2.75) is 120 Å². The van der Waals surface area contributed by atoms with Crippen LogP contribution in [0.15, 0.2) is 29.3 Å². The van der Waals surface area contributed by atoms with Crippen molar-refractivity contribution in [2.75, 3.05) is 39.4 Å². The highest BCUT2D eigenvalue weighted by atomic mass is 16.4. The summed E-state index contributed by atoms with van der Waals surface area (Å²) in [7, 11) is 0. The van der Waals surface area contributed by atoms with Crippen molar-refractivity contribution in [3.8, 4) is 5.75 Å². The standard InChI is InChI=1S/C44H69N13O17/c1-4-21(2)34(56-36(66)25(45)19-58)40(70)53-28(15-23-9-11-24(61)12-10-23)42(72)57-14-6-8-30(57)39(69)50-17-31(62)51-27(16-33(64)65)38(68)54-29(20-59)37(67)49-18-32(63)55-35(22(3)60)41(71)52-26(43(73)74)7-5-13-48-44(46)47/h9-12,21-22,25-30,34-35,58-61H,4-8,13-20,45H2,1-3H3,(H,49,67)(H,50,69)(H,51,62)(H,52,71)(H,53,70)(H,54,68)(H,55,63)(H,56,66)(H,64,65)(H,73,74)(H4,46,47,48)/t21-,22+,25-,26-,27-,28-,29-,30-,34-,35-/m0/s1. The SMILES string of the molecule is CC[C@H](C)[C@H](NC(=O)[C@@H](N)CO)C(=O)N[C@@H](Cc1ccc(O)cc1)C(=O)N1CCC[C@H]1C(=O)NCC(=O)N[C@@H](CC(=O)O)C(=O)N[C@@H](CO)C(=O)NCC(=O)N[C@H](C(=O)N[C@@H](CCCN=C(N)N)C(=O)O)[C@@H](C)O. The Morgan fingerprint density at radius 2 is 1.32 bits per heavy atom. The van der Waals surface area contributed by atoms with Gasteiger partial charge in [0, 0.05) is 19.5 Å². The molecule has 412 valence electrons. The molecule has 0 radical (unpaired) electrons. The lowest BCUT2D eigenvalue weighted by Gasteiger charge is -2.31. The number of nitrogens with one attached hydrogen (secondary N) is 8. The van der Waals surface area contributed by atoms with Crippen molar-refractivity contribution >= 4 is 71.1 Å². The Bertz CT molecular complexity index is 2180. The number of likely N-dealkylation sites (tertiary alicyclic amines) is 1. The first-order chi connectivity index (χ1) is 34.8. The van der Waals surface area contributed by atoms with Crippen molar-refractivity contribution in [1.29, 1.82) is 0 Å². The molecule has 30 nitrogen and oxygen atoms in total. The number of aromatic hydroxyl groups is 1. The summed E-state index contributed by atoms with van der Waals surface area (Å²) in [4.78, 5) is 147. The number of guanidine groups is 1. The third-order valence-electron chi connectivity index (χ3n) is 11.5. The van der Waals surface area contributed by atoms with Crippen LogP contribution in [0, 0.1) is 5.92 Å². The number of amides is 9. The number of hydrogen-bond acceptors (Lipinski definition) is 17. The number of rotatable bonds is 31. The number of aliphatic hydroxyl groups excluding tert-OH is 3. The van der Waals surface area contributed by atoms with E-state index in [-0.39, 0.29) is 50.5 Å². The predicted molar refractivity (Wildman–Crippen MR) is 257 cm³/mol. The molecule has 1 aromatic carbocycles. The number of nitrogens with two attached hydrogens (primary N) is 3. The average molecular weight is 1050 g/mol. The first-order valence-corrected chi connectivity index (χ1v) is 23.4. The smallest absolute Gasteiger partial charge is 0.326 e. The van der Waals surface area contributed by atoms with Crippen molar-refractivity contribution in [2.24, 2.45) is 28.1 Å². The van der Waals surface area contributed by atoms with Gasteiger partial charge in [0.2, 0.25) is 53.2 Å². The quantitative estimate of drug-likeness (QED) is 0.0187. The molecule has 1 aromatic rings. The van der Waals surface area contributed by atoms with Crippen molar-refractivity contribution in [3.05, 3.63) is 29.8 Å². The van der Waals surface area contributed by atoms with Gasteiger partial charge in [-0.25, -0.2) is 4.79 Å². The Morgan fingerprint density at radius 1 is 0.730 bits per heavy atom. The zero-order valence-electron chi connectivity index (χ0n) is 41.1. The van der Waals surface area contributed by atoms with Crippen molar-refractivity contribution in [1.82, 2.24) is 47.4 Å². The lowest BCUT2D eigenvalue weighted by Crippen LogP contribution is -2.60. The second kappa shape index (κ2) is 31.0. The average Bonchev–Trinajstić information content (AvgIpc) is 3.85. The molecule has 1 heterocycles. The molecule has 1 fully saturated rings. The van der Waals surface area contributed by atoms with Gasteiger partial charge >= 0.3 is 11.9 Å². The minimum Gasteiger partial charge on any atom is -0.508 e. The van der Waals surface area contributed by atoms with Crippen LogP contribution < -0.4 is 59.7 Å². The maximum Gasteiger partial charge on any atom is 0.326 e. The molecule has 30 heteroatoms. The van der Waals surface area contributed by atoms with Gasteiger partial charge in [-0.2, -0.15) is 0 Å². The summed E-state index contributed by atoms with van der Waals surface area (Å²) in [5.41, 5.74) is 16.6. The molecule has 0 unspecified atom stereocenters. The number of aliphatic carboxylic acids is 2. The maximum absolute atomic E-state index is 14.2. The number of carboxylic acids is 2. The highest BCUT2D eigenvalue weighted by Crippen LogP contribution is 2.21. The molecule has 1 saturated heterocycles. The van der Waals surface area contributed by atoms with E-state index >= 15 is 0 Å². The van der Waals surface area contributed by atoms with Crippen LogP contribution in [0.3, 0.4) is 0 Å². The molecule has 0 aromatic heterocycles. The molecular formula is C44H69N13O17. The Labute approximate surface area is 424 Å². The highest BCUT2D eigenvalue weighted by molar-refractivity contribution is 5.98. The summed E-state index contributed by atoms with van der Waals surface area (Å²) in [5, 5.41) is 76.3. The number of phenols is 1. The number of aliphatic imine (C=N–C) groups is 1. The predicted octanol–water partition coefficient (Wildman–Crippen LogP) is -7.58. The van der Waals surface area contributed by atoms with Crippen LogP contribution in [-0.4, -0.2) is 200 Å². The molecule has 10 atom stereocenters. The summed E-state index contributed by atoms with van der Waals surface area (Å²) in [6.45, 7) is 1.02.